The number of nitrogens with one attached hydrogen (secondary N) is 1. The van der Waals surface area contributed by atoms with E-state index in [-0.39, 0.29) is 11.4 Å². The Morgan fingerprint density at radius 2 is 1.83 bits per heavy atom. The lowest BCUT2D eigenvalue weighted by Crippen LogP contribution is -2.35. The first-order chi connectivity index (χ1) is 14.6. The standard InChI is InChI=1S/C21H24N4O4S/c1-27-15-10-9-13(16(28-2)17(15)29-3)11-14-18(22)25-21(23-19(14)26)30-20(24-25)12-7-5-4-6-8-12/h9-12,22H,4-8H2,1-3H3/b14-11-,22-18?. The zero-order valence-corrected chi connectivity index (χ0v) is 18.0. The van der Waals surface area contributed by atoms with E-state index >= 15 is 0 Å². The van der Waals surface area contributed by atoms with E-state index in [9.17, 15) is 4.79 Å². The van der Waals surface area contributed by atoms with Crippen molar-refractivity contribution in [3.05, 3.63) is 23.3 Å². The van der Waals surface area contributed by atoms with E-state index in [0.717, 1.165) is 17.9 Å². The van der Waals surface area contributed by atoms with Crippen LogP contribution in [0.1, 0.15) is 37.7 Å². The molecule has 1 N–H and O–H groups in total. The van der Waals surface area contributed by atoms with E-state index in [0.29, 0.717) is 33.9 Å². The minimum atomic E-state index is -0.462. The summed E-state index contributed by atoms with van der Waals surface area (Å²) in [4.78, 5) is 16.9. The van der Waals surface area contributed by atoms with Gasteiger partial charge in [-0.25, -0.2) is 0 Å². The fourth-order valence-electron chi connectivity index (χ4n) is 3.92. The van der Waals surface area contributed by atoms with Crippen LogP contribution in [0.15, 0.2) is 27.8 Å². The van der Waals surface area contributed by atoms with Gasteiger partial charge in [0.25, 0.3) is 5.91 Å². The molecule has 0 unspecified atom stereocenters. The molecule has 1 amide bonds. The third-order valence-corrected chi connectivity index (χ3v) is 6.53. The number of rotatable bonds is 5. The molecule has 30 heavy (non-hydrogen) atoms. The van der Waals surface area contributed by atoms with Crippen molar-refractivity contribution in [2.45, 2.75) is 32.1 Å². The van der Waals surface area contributed by atoms with Crippen LogP contribution in [0, 0.1) is 11.3 Å². The van der Waals surface area contributed by atoms with Crippen LogP contribution in [-0.2, 0) is 4.79 Å². The molecule has 0 radical (unpaired) electrons. The molecule has 0 atom stereocenters. The molecule has 0 aromatic heterocycles. The van der Waals surface area contributed by atoms with E-state index in [1.807, 2.05) is 0 Å². The van der Waals surface area contributed by atoms with Gasteiger partial charge in [0.05, 0.1) is 26.9 Å². The summed E-state index contributed by atoms with van der Waals surface area (Å²) in [6, 6.07) is 3.48. The van der Waals surface area contributed by atoms with Crippen molar-refractivity contribution < 1.29 is 19.0 Å². The predicted octanol–water partition coefficient (Wildman–Crippen LogP) is 3.91. The largest absolute Gasteiger partial charge is 0.493 e. The SMILES string of the molecule is COc1ccc(/C=C2/C(=N)N3N=C(C4CCCCC4)SC3=NC2=O)c(OC)c1OC. The Kier molecular flexibility index (Phi) is 5.80. The lowest BCUT2D eigenvalue weighted by atomic mass is 9.90. The maximum Gasteiger partial charge on any atom is 0.283 e. The van der Waals surface area contributed by atoms with Crippen molar-refractivity contribution in [1.82, 2.24) is 5.01 Å². The van der Waals surface area contributed by atoms with Gasteiger partial charge in [-0.3, -0.25) is 10.2 Å². The van der Waals surface area contributed by atoms with Gasteiger partial charge in [0, 0.05) is 11.5 Å². The molecule has 2 heterocycles. The number of hydrogen-bond donors (Lipinski definition) is 1. The number of carbonyl (C=O) groups is 1. The average molecular weight is 429 g/mol. The van der Waals surface area contributed by atoms with Gasteiger partial charge >= 0.3 is 0 Å². The van der Waals surface area contributed by atoms with E-state index in [2.05, 4.69) is 10.1 Å². The number of hydrogen-bond acceptors (Lipinski definition) is 7. The Bertz CT molecular complexity index is 979. The number of methoxy groups -OCH3 is 3. The van der Waals surface area contributed by atoms with Crippen LogP contribution in [0.4, 0.5) is 0 Å². The van der Waals surface area contributed by atoms with Crippen molar-refractivity contribution in [3.63, 3.8) is 0 Å². The quantitative estimate of drug-likeness (QED) is 0.714. The number of nitrogens with zero attached hydrogens (tertiary/aromatic N) is 3. The molecule has 0 spiro atoms. The number of fused-ring (bicyclic) bond motifs is 1. The highest BCUT2D eigenvalue weighted by molar-refractivity contribution is 8.27. The third kappa shape index (κ3) is 3.58. The predicted molar refractivity (Wildman–Crippen MR) is 118 cm³/mol. The number of carbonyl (C=O) groups excluding carboxylic acids is 1. The molecule has 1 aromatic carbocycles. The molecule has 1 saturated carbocycles. The zero-order chi connectivity index (χ0) is 21.3. The lowest BCUT2D eigenvalue weighted by molar-refractivity contribution is -0.114. The van der Waals surface area contributed by atoms with Gasteiger partial charge in [-0.15, -0.1) is 0 Å². The molecule has 4 rings (SSSR count). The maximum atomic E-state index is 12.7. The summed E-state index contributed by atoms with van der Waals surface area (Å²) < 4.78 is 16.2. The Morgan fingerprint density at radius 1 is 1.10 bits per heavy atom. The van der Waals surface area contributed by atoms with Crippen LogP contribution < -0.4 is 14.2 Å². The molecule has 0 bridgehead atoms. The van der Waals surface area contributed by atoms with Crippen LogP contribution >= 0.6 is 11.8 Å². The summed E-state index contributed by atoms with van der Waals surface area (Å²) in [5.74, 6) is 1.29. The number of thioether (sulfide) groups is 1. The van der Waals surface area contributed by atoms with Gasteiger partial charge < -0.3 is 14.2 Å². The summed E-state index contributed by atoms with van der Waals surface area (Å²) in [6.45, 7) is 0. The van der Waals surface area contributed by atoms with Crippen LogP contribution in [0.2, 0.25) is 0 Å². The molecule has 1 fully saturated rings. The number of aliphatic imine (C=N–C) groups is 1. The van der Waals surface area contributed by atoms with Crippen LogP contribution in [-0.4, -0.2) is 48.3 Å². The lowest BCUT2D eigenvalue weighted by Gasteiger charge is -2.21. The number of amidine groups is 2. The summed E-state index contributed by atoms with van der Waals surface area (Å²) in [5, 5.41) is 16.1. The fraction of sp³-hybridized carbons (Fsp3) is 0.429. The van der Waals surface area contributed by atoms with Crippen LogP contribution in [0.3, 0.4) is 0 Å². The highest BCUT2D eigenvalue weighted by Crippen LogP contribution is 2.41. The van der Waals surface area contributed by atoms with Crippen molar-refractivity contribution in [3.8, 4) is 17.2 Å². The second-order valence-electron chi connectivity index (χ2n) is 7.22. The molecule has 8 nitrogen and oxygen atoms in total. The van der Waals surface area contributed by atoms with Crippen molar-refractivity contribution in [1.29, 1.82) is 5.41 Å². The summed E-state index contributed by atoms with van der Waals surface area (Å²) in [6.07, 6.45) is 7.42. The van der Waals surface area contributed by atoms with Crippen molar-refractivity contribution >= 4 is 39.8 Å². The third-order valence-electron chi connectivity index (χ3n) is 5.46. The molecule has 9 heteroatoms. The second kappa shape index (κ2) is 8.51. The molecule has 2 aliphatic heterocycles. The number of amides is 1. The normalized spacial score (nSPS) is 20.8. The highest BCUT2D eigenvalue weighted by atomic mass is 32.2. The Balaban J connectivity index is 1.68. The molecular formula is C21H24N4O4S. The summed E-state index contributed by atoms with van der Waals surface area (Å²) in [7, 11) is 4.57. The Morgan fingerprint density at radius 3 is 2.50 bits per heavy atom. The first-order valence-electron chi connectivity index (χ1n) is 9.86. The van der Waals surface area contributed by atoms with Crippen LogP contribution in [0.5, 0.6) is 17.2 Å². The minimum absolute atomic E-state index is 0.0140. The number of ether oxygens (including phenoxy) is 3. The fourth-order valence-corrected chi connectivity index (χ4v) is 4.97. The Labute approximate surface area is 179 Å². The van der Waals surface area contributed by atoms with E-state index in [1.165, 1.54) is 50.3 Å². The zero-order valence-electron chi connectivity index (χ0n) is 17.2. The number of hydrazone groups is 1. The highest BCUT2D eigenvalue weighted by Gasteiger charge is 2.38. The smallest absolute Gasteiger partial charge is 0.283 e. The molecule has 1 aromatic rings. The van der Waals surface area contributed by atoms with Gasteiger partial charge in [0.1, 0.15) is 5.04 Å². The van der Waals surface area contributed by atoms with E-state index < -0.39 is 5.91 Å². The molecule has 1 aliphatic carbocycles. The van der Waals surface area contributed by atoms with Crippen LogP contribution in [0.25, 0.3) is 6.08 Å². The number of benzene rings is 1. The maximum absolute atomic E-state index is 12.7. The van der Waals surface area contributed by atoms with Gasteiger partial charge in [-0.05, 0) is 42.8 Å². The monoisotopic (exact) mass is 428 g/mol. The first kappa shape index (κ1) is 20.5. The summed E-state index contributed by atoms with van der Waals surface area (Å²) in [5.41, 5.74) is 0.740. The molecular weight excluding hydrogens is 404 g/mol. The van der Waals surface area contributed by atoms with Crippen molar-refractivity contribution in [2.24, 2.45) is 16.0 Å². The van der Waals surface area contributed by atoms with E-state index in [4.69, 9.17) is 19.6 Å². The summed E-state index contributed by atoms with van der Waals surface area (Å²) >= 11 is 1.41. The minimum Gasteiger partial charge on any atom is -0.493 e. The molecule has 3 aliphatic rings. The van der Waals surface area contributed by atoms with Crippen molar-refractivity contribution in [2.75, 3.05) is 21.3 Å². The Hall–Kier alpha value is -2.81. The van der Waals surface area contributed by atoms with Gasteiger partial charge in [0.15, 0.2) is 17.3 Å². The van der Waals surface area contributed by atoms with E-state index in [1.54, 1.807) is 25.3 Å². The van der Waals surface area contributed by atoms with Gasteiger partial charge in [-0.1, -0.05) is 19.3 Å². The first-order valence-corrected chi connectivity index (χ1v) is 10.7. The molecule has 158 valence electrons. The average Bonchev–Trinajstić information content (AvgIpc) is 3.20. The van der Waals surface area contributed by atoms with Gasteiger partial charge in [-0.2, -0.15) is 15.1 Å². The molecule has 0 saturated heterocycles. The topological polar surface area (TPSA) is 96.6 Å². The van der Waals surface area contributed by atoms with Gasteiger partial charge in [0.2, 0.25) is 10.9 Å². The second-order valence-corrected chi connectivity index (χ2v) is 8.20.